The van der Waals surface area contributed by atoms with Crippen LogP contribution in [0.3, 0.4) is 0 Å². The standard InChI is InChI=1S/C15H22N2O4/c18-14(19)10-15(5-1-2-6-15)9-13-17-16-12(21-13)8-11-4-3-7-20-11/h11H,1-10H2,(H,18,19). The average Bonchev–Trinajstić information content (AvgIpc) is 3.13. The molecule has 1 saturated heterocycles. The molecule has 0 radical (unpaired) electrons. The molecule has 2 aliphatic rings. The second-order valence-corrected chi connectivity index (χ2v) is 6.38. The number of carboxylic acid groups (broad SMARTS) is 1. The molecule has 2 heterocycles. The molecule has 3 rings (SSSR count). The second kappa shape index (κ2) is 6.13. The largest absolute Gasteiger partial charge is 0.481 e. The molecule has 0 bridgehead atoms. The molecule has 21 heavy (non-hydrogen) atoms. The topological polar surface area (TPSA) is 85.5 Å². The highest BCUT2D eigenvalue weighted by molar-refractivity contribution is 5.67. The highest BCUT2D eigenvalue weighted by Crippen LogP contribution is 2.43. The van der Waals surface area contributed by atoms with Gasteiger partial charge in [0.15, 0.2) is 0 Å². The van der Waals surface area contributed by atoms with Crippen molar-refractivity contribution in [2.75, 3.05) is 6.61 Å². The van der Waals surface area contributed by atoms with Crippen LogP contribution in [0.2, 0.25) is 0 Å². The summed E-state index contributed by atoms with van der Waals surface area (Å²) in [6.07, 6.45) is 7.80. The predicted molar refractivity (Wildman–Crippen MR) is 73.8 cm³/mol. The van der Waals surface area contributed by atoms with Gasteiger partial charge in [0, 0.05) is 13.0 Å². The van der Waals surface area contributed by atoms with Crippen LogP contribution < -0.4 is 0 Å². The fourth-order valence-corrected chi connectivity index (χ4v) is 3.63. The van der Waals surface area contributed by atoms with Crippen LogP contribution in [0.15, 0.2) is 4.42 Å². The van der Waals surface area contributed by atoms with Gasteiger partial charge in [0.25, 0.3) is 0 Å². The van der Waals surface area contributed by atoms with E-state index in [1.807, 2.05) is 0 Å². The van der Waals surface area contributed by atoms with E-state index in [1.165, 1.54) is 0 Å². The van der Waals surface area contributed by atoms with E-state index in [0.717, 1.165) is 45.1 Å². The Morgan fingerprint density at radius 3 is 2.67 bits per heavy atom. The molecule has 1 aliphatic heterocycles. The fourth-order valence-electron chi connectivity index (χ4n) is 3.63. The smallest absolute Gasteiger partial charge is 0.303 e. The second-order valence-electron chi connectivity index (χ2n) is 6.38. The Morgan fingerprint density at radius 1 is 1.24 bits per heavy atom. The van der Waals surface area contributed by atoms with Gasteiger partial charge in [-0.2, -0.15) is 0 Å². The average molecular weight is 294 g/mol. The van der Waals surface area contributed by atoms with E-state index in [2.05, 4.69) is 10.2 Å². The van der Waals surface area contributed by atoms with Crippen molar-refractivity contribution in [3.05, 3.63) is 11.8 Å². The number of aliphatic carboxylic acids is 1. The maximum atomic E-state index is 11.1. The van der Waals surface area contributed by atoms with Gasteiger partial charge in [-0.3, -0.25) is 4.79 Å². The number of ether oxygens (including phenoxy) is 1. The Morgan fingerprint density at radius 2 is 2.00 bits per heavy atom. The Hall–Kier alpha value is -1.43. The molecule has 1 N–H and O–H groups in total. The Balaban J connectivity index is 1.63. The molecule has 1 unspecified atom stereocenters. The van der Waals surface area contributed by atoms with E-state index in [9.17, 15) is 4.79 Å². The van der Waals surface area contributed by atoms with Crippen molar-refractivity contribution in [3.63, 3.8) is 0 Å². The molecule has 0 amide bonds. The van der Waals surface area contributed by atoms with Crippen molar-refractivity contribution in [2.24, 2.45) is 5.41 Å². The van der Waals surface area contributed by atoms with Crippen molar-refractivity contribution in [1.29, 1.82) is 0 Å². The lowest BCUT2D eigenvalue weighted by Gasteiger charge is -2.24. The third-order valence-corrected chi connectivity index (χ3v) is 4.65. The minimum atomic E-state index is -0.740. The summed E-state index contributed by atoms with van der Waals surface area (Å²) in [5.74, 6) is 0.447. The van der Waals surface area contributed by atoms with Gasteiger partial charge in [0.1, 0.15) is 0 Å². The van der Waals surface area contributed by atoms with Gasteiger partial charge >= 0.3 is 5.97 Å². The number of rotatable bonds is 6. The maximum Gasteiger partial charge on any atom is 0.303 e. The van der Waals surface area contributed by atoms with Crippen LogP contribution in [-0.4, -0.2) is 34.0 Å². The predicted octanol–water partition coefficient (Wildman–Crippen LogP) is 2.37. The van der Waals surface area contributed by atoms with Crippen LogP contribution in [0.5, 0.6) is 0 Å². The van der Waals surface area contributed by atoms with E-state index >= 15 is 0 Å². The lowest BCUT2D eigenvalue weighted by atomic mass is 9.79. The molecular formula is C15H22N2O4. The van der Waals surface area contributed by atoms with Gasteiger partial charge < -0.3 is 14.3 Å². The molecule has 0 spiro atoms. The molecule has 1 atom stereocenters. The summed E-state index contributed by atoms with van der Waals surface area (Å²) in [6.45, 7) is 0.813. The molecular weight excluding hydrogens is 272 g/mol. The Kier molecular flexibility index (Phi) is 4.24. The van der Waals surface area contributed by atoms with Crippen molar-refractivity contribution >= 4 is 5.97 Å². The van der Waals surface area contributed by atoms with Crippen molar-refractivity contribution < 1.29 is 19.1 Å². The van der Waals surface area contributed by atoms with Crippen LogP contribution in [0.25, 0.3) is 0 Å². The van der Waals surface area contributed by atoms with Gasteiger partial charge in [-0.25, -0.2) is 0 Å². The van der Waals surface area contributed by atoms with E-state index < -0.39 is 5.97 Å². The third kappa shape index (κ3) is 3.61. The first-order valence-electron chi connectivity index (χ1n) is 7.80. The zero-order valence-electron chi connectivity index (χ0n) is 12.2. The van der Waals surface area contributed by atoms with Gasteiger partial charge in [-0.1, -0.05) is 12.8 Å². The Bertz CT molecular complexity index is 488. The minimum Gasteiger partial charge on any atom is -0.481 e. The summed E-state index contributed by atoms with van der Waals surface area (Å²) in [5, 5.41) is 17.3. The summed E-state index contributed by atoms with van der Waals surface area (Å²) >= 11 is 0. The quantitative estimate of drug-likeness (QED) is 0.867. The van der Waals surface area contributed by atoms with Gasteiger partial charge in [-0.05, 0) is 31.1 Å². The van der Waals surface area contributed by atoms with Crippen LogP contribution >= 0.6 is 0 Å². The van der Waals surface area contributed by atoms with Crippen molar-refractivity contribution in [1.82, 2.24) is 10.2 Å². The molecule has 1 aliphatic carbocycles. The Labute approximate surface area is 123 Å². The normalized spacial score (nSPS) is 24.5. The molecule has 1 aromatic rings. The van der Waals surface area contributed by atoms with Crippen LogP contribution in [0.4, 0.5) is 0 Å². The number of hydrogen-bond donors (Lipinski definition) is 1. The summed E-state index contributed by atoms with van der Waals surface area (Å²) in [4.78, 5) is 11.1. The number of nitrogens with zero attached hydrogens (tertiary/aromatic N) is 2. The molecule has 6 heteroatoms. The van der Waals surface area contributed by atoms with Crippen LogP contribution in [0.1, 0.15) is 56.7 Å². The first kappa shape index (κ1) is 14.5. The summed E-state index contributed by atoms with van der Waals surface area (Å²) in [7, 11) is 0. The van der Waals surface area contributed by atoms with Crippen molar-refractivity contribution in [2.45, 2.75) is 63.9 Å². The molecule has 1 saturated carbocycles. The zero-order chi connectivity index (χ0) is 14.7. The van der Waals surface area contributed by atoms with E-state index in [-0.39, 0.29) is 17.9 Å². The minimum absolute atomic E-state index is 0.191. The van der Waals surface area contributed by atoms with Gasteiger partial charge in [0.05, 0.1) is 18.9 Å². The molecule has 2 fully saturated rings. The van der Waals surface area contributed by atoms with E-state index in [0.29, 0.717) is 24.6 Å². The first-order chi connectivity index (χ1) is 10.2. The molecule has 0 aromatic carbocycles. The molecule has 116 valence electrons. The van der Waals surface area contributed by atoms with Gasteiger partial charge in [0.2, 0.25) is 11.8 Å². The highest BCUT2D eigenvalue weighted by Gasteiger charge is 2.37. The number of carbonyl (C=O) groups is 1. The van der Waals surface area contributed by atoms with Crippen LogP contribution in [-0.2, 0) is 22.4 Å². The zero-order valence-corrected chi connectivity index (χ0v) is 12.2. The maximum absolute atomic E-state index is 11.1. The number of carboxylic acids is 1. The lowest BCUT2D eigenvalue weighted by Crippen LogP contribution is -2.24. The van der Waals surface area contributed by atoms with E-state index in [4.69, 9.17) is 14.3 Å². The summed E-state index contributed by atoms with van der Waals surface area (Å²) < 4.78 is 11.3. The lowest BCUT2D eigenvalue weighted by molar-refractivity contribution is -0.139. The van der Waals surface area contributed by atoms with E-state index in [1.54, 1.807) is 0 Å². The summed E-state index contributed by atoms with van der Waals surface area (Å²) in [5.41, 5.74) is -0.195. The third-order valence-electron chi connectivity index (χ3n) is 4.65. The SMILES string of the molecule is O=C(O)CC1(Cc2nnc(CC3CCCO3)o2)CCCC1. The number of aromatic nitrogens is 2. The first-order valence-corrected chi connectivity index (χ1v) is 7.80. The number of hydrogen-bond acceptors (Lipinski definition) is 5. The molecule has 6 nitrogen and oxygen atoms in total. The van der Waals surface area contributed by atoms with Crippen LogP contribution in [0, 0.1) is 5.41 Å². The highest BCUT2D eigenvalue weighted by atomic mass is 16.5. The summed E-state index contributed by atoms with van der Waals surface area (Å²) in [6, 6.07) is 0. The van der Waals surface area contributed by atoms with Gasteiger partial charge in [-0.15, -0.1) is 10.2 Å². The molecule has 1 aromatic heterocycles. The van der Waals surface area contributed by atoms with Crippen molar-refractivity contribution in [3.8, 4) is 0 Å². The monoisotopic (exact) mass is 294 g/mol. The fraction of sp³-hybridized carbons (Fsp3) is 0.800.